The summed E-state index contributed by atoms with van der Waals surface area (Å²) in [6.45, 7) is 3.90. The normalized spacial score (nSPS) is 10.5. The first-order valence-electron chi connectivity index (χ1n) is 6.59. The minimum absolute atomic E-state index is 0.0959. The van der Waals surface area contributed by atoms with Gasteiger partial charge in [-0.2, -0.15) is 0 Å². The highest BCUT2D eigenvalue weighted by atomic mass is 35.5. The molecule has 0 aliphatic heterocycles. The van der Waals surface area contributed by atoms with E-state index in [1.165, 1.54) is 0 Å². The lowest BCUT2D eigenvalue weighted by atomic mass is 10.2. The highest BCUT2D eigenvalue weighted by molar-refractivity contribution is 6.31. The van der Waals surface area contributed by atoms with Crippen LogP contribution in [0.3, 0.4) is 0 Å². The molecule has 0 saturated carbocycles. The average molecular weight is 305 g/mol. The van der Waals surface area contributed by atoms with Crippen molar-refractivity contribution in [1.82, 2.24) is 0 Å². The van der Waals surface area contributed by atoms with Crippen LogP contribution in [0.4, 0.5) is 11.4 Å². The van der Waals surface area contributed by atoms with Gasteiger partial charge >= 0.3 is 0 Å². The zero-order valence-electron chi connectivity index (χ0n) is 11.9. The van der Waals surface area contributed by atoms with E-state index in [-0.39, 0.29) is 12.0 Å². The van der Waals surface area contributed by atoms with Gasteiger partial charge in [0.1, 0.15) is 5.75 Å². The van der Waals surface area contributed by atoms with Crippen molar-refractivity contribution in [2.75, 3.05) is 11.1 Å². The summed E-state index contributed by atoms with van der Waals surface area (Å²) < 4.78 is 5.53. The van der Waals surface area contributed by atoms with Crippen LogP contribution in [-0.2, 0) is 0 Å². The number of nitrogens with one attached hydrogen (secondary N) is 1. The van der Waals surface area contributed by atoms with Crippen LogP contribution in [0.2, 0.25) is 5.02 Å². The molecular weight excluding hydrogens is 288 g/mol. The molecule has 3 N–H and O–H groups in total. The second-order valence-corrected chi connectivity index (χ2v) is 5.31. The minimum Gasteiger partial charge on any atom is -0.491 e. The van der Waals surface area contributed by atoms with Gasteiger partial charge in [-0.1, -0.05) is 11.6 Å². The molecule has 0 heterocycles. The molecule has 110 valence electrons. The molecule has 0 unspecified atom stereocenters. The third kappa shape index (κ3) is 4.13. The van der Waals surface area contributed by atoms with Crippen molar-refractivity contribution in [3.8, 4) is 5.75 Å². The Bertz CT molecular complexity index is 639. The molecule has 1 amide bonds. The maximum atomic E-state index is 12.1. The number of nitrogen functional groups attached to an aromatic ring is 1. The predicted molar refractivity (Wildman–Crippen MR) is 86.0 cm³/mol. The van der Waals surface area contributed by atoms with Gasteiger partial charge in [0.15, 0.2) is 0 Å². The van der Waals surface area contributed by atoms with Crippen LogP contribution >= 0.6 is 11.6 Å². The molecular formula is C16H17ClN2O2. The lowest BCUT2D eigenvalue weighted by molar-refractivity contribution is 0.102. The molecule has 0 radical (unpaired) electrons. The van der Waals surface area contributed by atoms with Crippen molar-refractivity contribution in [2.45, 2.75) is 20.0 Å². The SMILES string of the molecule is CC(C)Oc1ccc(C(=O)Nc2ccc(Cl)cc2N)cc1. The quantitative estimate of drug-likeness (QED) is 0.840. The standard InChI is InChI=1S/C16H17ClN2O2/c1-10(2)21-13-6-3-11(4-7-13)16(20)19-15-8-5-12(17)9-14(15)18/h3-10H,18H2,1-2H3,(H,19,20). The van der Waals surface area contributed by atoms with Gasteiger partial charge in [-0.15, -0.1) is 0 Å². The lowest BCUT2D eigenvalue weighted by Crippen LogP contribution is -2.13. The van der Waals surface area contributed by atoms with E-state index in [4.69, 9.17) is 22.1 Å². The first kappa shape index (κ1) is 15.2. The van der Waals surface area contributed by atoms with E-state index in [1.807, 2.05) is 13.8 Å². The largest absolute Gasteiger partial charge is 0.491 e. The Morgan fingerprint density at radius 2 is 1.86 bits per heavy atom. The smallest absolute Gasteiger partial charge is 0.255 e. The summed E-state index contributed by atoms with van der Waals surface area (Å²) >= 11 is 5.82. The number of benzene rings is 2. The zero-order valence-corrected chi connectivity index (χ0v) is 12.6. The fourth-order valence-electron chi connectivity index (χ4n) is 1.80. The average Bonchev–Trinajstić information content (AvgIpc) is 2.42. The molecule has 4 nitrogen and oxygen atoms in total. The molecule has 0 aliphatic carbocycles. The molecule has 5 heteroatoms. The number of anilines is 2. The van der Waals surface area contributed by atoms with Gasteiger partial charge in [-0.3, -0.25) is 4.79 Å². The monoisotopic (exact) mass is 304 g/mol. The number of carbonyl (C=O) groups excluding carboxylic acids is 1. The van der Waals surface area contributed by atoms with Gasteiger partial charge < -0.3 is 15.8 Å². The molecule has 0 spiro atoms. The summed E-state index contributed by atoms with van der Waals surface area (Å²) in [4.78, 5) is 12.1. The third-order valence-electron chi connectivity index (χ3n) is 2.75. The van der Waals surface area contributed by atoms with Crippen molar-refractivity contribution in [2.24, 2.45) is 0 Å². The van der Waals surface area contributed by atoms with Gasteiger partial charge in [0.25, 0.3) is 5.91 Å². The van der Waals surface area contributed by atoms with Crippen LogP contribution < -0.4 is 15.8 Å². The lowest BCUT2D eigenvalue weighted by Gasteiger charge is -2.11. The summed E-state index contributed by atoms with van der Waals surface area (Å²) in [6, 6.07) is 11.9. The van der Waals surface area contributed by atoms with Crippen LogP contribution in [0.5, 0.6) is 5.75 Å². The number of amides is 1. The van der Waals surface area contributed by atoms with Crippen molar-refractivity contribution in [1.29, 1.82) is 0 Å². The molecule has 21 heavy (non-hydrogen) atoms. The molecule has 0 fully saturated rings. The van der Waals surface area contributed by atoms with Crippen molar-refractivity contribution in [3.63, 3.8) is 0 Å². The molecule has 2 aromatic rings. The van der Waals surface area contributed by atoms with Crippen LogP contribution in [0.15, 0.2) is 42.5 Å². The number of halogens is 1. The van der Waals surface area contributed by atoms with Gasteiger partial charge in [-0.05, 0) is 56.3 Å². The van der Waals surface area contributed by atoms with Crippen LogP contribution in [0.1, 0.15) is 24.2 Å². The van der Waals surface area contributed by atoms with Crippen molar-refractivity contribution >= 4 is 28.9 Å². The fourth-order valence-corrected chi connectivity index (χ4v) is 1.98. The molecule has 2 rings (SSSR count). The van der Waals surface area contributed by atoms with Gasteiger partial charge in [0, 0.05) is 10.6 Å². The van der Waals surface area contributed by atoms with Gasteiger partial charge in [0.05, 0.1) is 17.5 Å². The molecule has 0 bridgehead atoms. The van der Waals surface area contributed by atoms with E-state index >= 15 is 0 Å². The Morgan fingerprint density at radius 3 is 2.43 bits per heavy atom. The first-order chi connectivity index (χ1) is 9.95. The first-order valence-corrected chi connectivity index (χ1v) is 6.96. The number of hydrogen-bond acceptors (Lipinski definition) is 3. The highest BCUT2D eigenvalue weighted by Gasteiger charge is 2.09. The number of hydrogen-bond donors (Lipinski definition) is 2. The maximum Gasteiger partial charge on any atom is 0.255 e. The Morgan fingerprint density at radius 1 is 1.19 bits per heavy atom. The summed E-state index contributed by atoms with van der Waals surface area (Å²) in [5.74, 6) is 0.493. The van der Waals surface area contributed by atoms with Gasteiger partial charge in [-0.25, -0.2) is 0 Å². The number of carbonyl (C=O) groups is 1. The Kier molecular flexibility index (Phi) is 4.70. The summed E-state index contributed by atoms with van der Waals surface area (Å²) in [6.07, 6.45) is 0.0959. The maximum absolute atomic E-state index is 12.1. The summed E-state index contributed by atoms with van der Waals surface area (Å²) in [7, 11) is 0. The number of nitrogens with two attached hydrogens (primary N) is 1. The number of rotatable bonds is 4. The van der Waals surface area contributed by atoms with E-state index in [9.17, 15) is 4.79 Å². The Labute approximate surface area is 128 Å². The fraction of sp³-hybridized carbons (Fsp3) is 0.188. The second kappa shape index (κ2) is 6.50. The van der Waals surface area contributed by atoms with E-state index in [1.54, 1.807) is 42.5 Å². The molecule has 0 saturated heterocycles. The highest BCUT2D eigenvalue weighted by Crippen LogP contribution is 2.23. The second-order valence-electron chi connectivity index (χ2n) is 4.88. The van der Waals surface area contributed by atoms with Crippen LogP contribution in [0, 0.1) is 0 Å². The summed E-state index contributed by atoms with van der Waals surface area (Å²) in [5.41, 5.74) is 7.30. The van der Waals surface area contributed by atoms with Crippen LogP contribution in [-0.4, -0.2) is 12.0 Å². The minimum atomic E-state index is -0.236. The molecule has 0 aromatic heterocycles. The predicted octanol–water partition coefficient (Wildman–Crippen LogP) is 3.96. The zero-order chi connectivity index (χ0) is 15.4. The van der Waals surface area contributed by atoms with E-state index in [2.05, 4.69) is 5.32 Å². The molecule has 0 aliphatic rings. The molecule has 0 atom stereocenters. The van der Waals surface area contributed by atoms with Crippen molar-refractivity contribution in [3.05, 3.63) is 53.1 Å². The van der Waals surface area contributed by atoms with E-state index < -0.39 is 0 Å². The molecule has 2 aromatic carbocycles. The topological polar surface area (TPSA) is 64.3 Å². The Hall–Kier alpha value is -2.20. The van der Waals surface area contributed by atoms with Crippen molar-refractivity contribution < 1.29 is 9.53 Å². The van der Waals surface area contributed by atoms with Crippen LogP contribution in [0.25, 0.3) is 0 Å². The number of ether oxygens (including phenoxy) is 1. The van der Waals surface area contributed by atoms with E-state index in [0.29, 0.717) is 22.0 Å². The third-order valence-corrected chi connectivity index (χ3v) is 2.99. The summed E-state index contributed by atoms with van der Waals surface area (Å²) in [5, 5.41) is 3.28. The van der Waals surface area contributed by atoms with Gasteiger partial charge in [0.2, 0.25) is 0 Å². The Balaban J connectivity index is 2.09. The van der Waals surface area contributed by atoms with E-state index in [0.717, 1.165) is 5.75 Å².